The fourth-order valence-electron chi connectivity index (χ4n) is 4.08. The van der Waals surface area contributed by atoms with Crippen molar-refractivity contribution < 1.29 is 13.2 Å². The van der Waals surface area contributed by atoms with Crippen molar-refractivity contribution in [2.45, 2.75) is 44.6 Å². The Morgan fingerprint density at radius 1 is 1.12 bits per heavy atom. The number of nitrogens with zero attached hydrogens (tertiary/aromatic N) is 3. The number of allylic oxidation sites excluding steroid dienone is 1. The summed E-state index contributed by atoms with van der Waals surface area (Å²) in [7, 11) is -3.53. The lowest BCUT2D eigenvalue weighted by Crippen LogP contribution is -2.35. The molecule has 1 aromatic heterocycles. The van der Waals surface area contributed by atoms with E-state index in [1.165, 1.54) is 27.8 Å². The summed E-state index contributed by atoms with van der Waals surface area (Å²) in [5.41, 5.74) is 3.68. The molecule has 1 saturated heterocycles. The van der Waals surface area contributed by atoms with Crippen LogP contribution in [0.4, 0.5) is 0 Å². The van der Waals surface area contributed by atoms with Gasteiger partial charge in [0.2, 0.25) is 10.0 Å². The number of aryl methyl sites for hydroxylation is 2. The largest absolute Gasteiger partial charge is 0.312 e. The highest BCUT2D eigenvalue weighted by molar-refractivity contribution is 7.89. The molecular formula is C24H27N3O3S2. The number of hydrogen-bond donors (Lipinski definition) is 0. The van der Waals surface area contributed by atoms with Crippen molar-refractivity contribution in [2.75, 3.05) is 13.1 Å². The molecule has 4 rings (SSSR count). The van der Waals surface area contributed by atoms with Gasteiger partial charge in [0, 0.05) is 25.2 Å². The summed E-state index contributed by atoms with van der Waals surface area (Å²) in [5.74, 6) is -0.398. The van der Waals surface area contributed by atoms with Gasteiger partial charge in [-0.05, 0) is 68.1 Å². The van der Waals surface area contributed by atoms with Gasteiger partial charge < -0.3 is 4.57 Å². The topological polar surface area (TPSA) is 71.7 Å². The maximum absolute atomic E-state index is 12.9. The van der Waals surface area contributed by atoms with Gasteiger partial charge in [-0.2, -0.15) is 9.30 Å². The van der Waals surface area contributed by atoms with E-state index in [0.29, 0.717) is 30.0 Å². The van der Waals surface area contributed by atoms with Gasteiger partial charge in [-0.25, -0.2) is 8.42 Å². The lowest BCUT2D eigenvalue weighted by molar-refractivity contribution is 0.0997. The zero-order valence-corrected chi connectivity index (χ0v) is 20.0. The summed E-state index contributed by atoms with van der Waals surface area (Å²) >= 11 is 1.47. The molecule has 0 N–H and O–H groups in total. The van der Waals surface area contributed by atoms with E-state index in [9.17, 15) is 13.2 Å². The van der Waals surface area contributed by atoms with E-state index in [1.807, 2.05) is 11.5 Å². The standard InChI is InChI=1S/C24H27N3O3S2/c1-4-12-27-21-16-17(2)15-18(3)22(21)31-24(27)25-23(28)19-8-10-20(11-9-19)32(29,30)26-13-6-5-7-14-26/h4,8-11,15-16H,1,5-7,12-14H2,2-3H3. The number of carbonyl (C=O) groups excluding carboxylic acids is 1. The predicted octanol–water partition coefficient (Wildman–Crippen LogP) is 4.42. The van der Waals surface area contributed by atoms with Gasteiger partial charge in [-0.3, -0.25) is 4.79 Å². The summed E-state index contributed by atoms with van der Waals surface area (Å²) < 4.78 is 30.3. The van der Waals surface area contributed by atoms with Gasteiger partial charge in [0.15, 0.2) is 4.80 Å². The molecule has 0 atom stereocenters. The van der Waals surface area contributed by atoms with E-state index in [1.54, 1.807) is 18.2 Å². The van der Waals surface area contributed by atoms with Gasteiger partial charge in [0.05, 0.1) is 15.1 Å². The number of carbonyl (C=O) groups is 1. The third-order valence-electron chi connectivity index (χ3n) is 5.68. The van der Waals surface area contributed by atoms with E-state index >= 15 is 0 Å². The quantitative estimate of drug-likeness (QED) is 0.519. The zero-order valence-electron chi connectivity index (χ0n) is 18.4. The molecule has 1 amide bonds. The van der Waals surface area contributed by atoms with E-state index < -0.39 is 15.9 Å². The Kier molecular flexibility index (Phi) is 6.46. The molecule has 0 aliphatic carbocycles. The number of hydrogen-bond acceptors (Lipinski definition) is 4. The predicted molar refractivity (Wildman–Crippen MR) is 128 cm³/mol. The van der Waals surface area contributed by atoms with Crippen molar-refractivity contribution in [2.24, 2.45) is 4.99 Å². The Morgan fingerprint density at radius 3 is 2.47 bits per heavy atom. The maximum Gasteiger partial charge on any atom is 0.279 e. The Hall–Kier alpha value is -2.55. The normalized spacial score (nSPS) is 15.9. The number of benzene rings is 2. The van der Waals surface area contributed by atoms with Gasteiger partial charge in [-0.15, -0.1) is 6.58 Å². The first-order valence-corrected chi connectivity index (χ1v) is 13.0. The number of piperidine rings is 1. The highest BCUT2D eigenvalue weighted by atomic mass is 32.2. The molecule has 2 aromatic carbocycles. The molecule has 0 radical (unpaired) electrons. The van der Waals surface area contributed by atoms with Crippen molar-refractivity contribution in [3.63, 3.8) is 0 Å². The highest BCUT2D eigenvalue weighted by Gasteiger charge is 2.26. The molecule has 0 bridgehead atoms. The zero-order chi connectivity index (χ0) is 22.9. The first kappa shape index (κ1) is 22.6. The van der Waals surface area contributed by atoms with Crippen LogP contribution >= 0.6 is 11.3 Å². The Labute approximate surface area is 192 Å². The number of aromatic nitrogens is 1. The maximum atomic E-state index is 12.9. The first-order chi connectivity index (χ1) is 15.3. The van der Waals surface area contributed by atoms with Gasteiger partial charge in [0.25, 0.3) is 5.91 Å². The van der Waals surface area contributed by atoms with Crippen molar-refractivity contribution in [1.82, 2.24) is 8.87 Å². The lowest BCUT2D eigenvalue weighted by Gasteiger charge is -2.25. The van der Waals surface area contributed by atoms with Crippen LogP contribution in [0.3, 0.4) is 0 Å². The summed E-state index contributed by atoms with van der Waals surface area (Å²) in [4.78, 5) is 18.1. The Morgan fingerprint density at radius 2 is 1.81 bits per heavy atom. The van der Waals surface area contributed by atoms with E-state index in [2.05, 4.69) is 30.6 Å². The summed E-state index contributed by atoms with van der Waals surface area (Å²) in [6, 6.07) is 10.3. The van der Waals surface area contributed by atoms with Gasteiger partial charge >= 0.3 is 0 Å². The molecular weight excluding hydrogens is 442 g/mol. The Bertz CT molecular complexity index is 1340. The molecule has 32 heavy (non-hydrogen) atoms. The fourth-order valence-corrected chi connectivity index (χ4v) is 6.68. The number of fused-ring (bicyclic) bond motifs is 1. The third-order valence-corrected chi connectivity index (χ3v) is 8.82. The minimum absolute atomic E-state index is 0.214. The smallest absolute Gasteiger partial charge is 0.279 e. The summed E-state index contributed by atoms with van der Waals surface area (Å²) in [6.07, 6.45) is 4.61. The second-order valence-electron chi connectivity index (χ2n) is 8.12. The minimum atomic E-state index is -3.53. The van der Waals surface area contributed by atoms with Crippen LogP contribution in [0, 0.1) is 13.8 Å². The van der Waals surface area contributed by atoms with E-state index in [4.69, 9.17) is 0 Å². The molecule has 1 fully saturated rings. The summed E-state index contributed by atoms with van der Waals surface area (Å²) in [5, 5.41) is 0. The molecule has 1 aliphatic heterocycles. The second-order valence-corrected chi connectivity index (χ2v) is 11.0. The average molecular weight is 470 g/mol. The van der Waals surface area contributed by atoms with Crippen molar-refractivity contribution in [3.8, 4) is 0 Å². The highest BCUT2D eigenvalue weighted by Crippen LogP contribution is 2.24. The van der Waals surface area contributed by atoms with Gasteiger partial charge in [-0.1, -0.05) is 29.9 Å². The van der Waals surface area contributed by atoms with Crippen molar-refractivity contribution >= 4 is 37.5 Å². The molecule has 2 heterocycles. The Balaban J connectivity index is 1.68. The molecule has 1 aliphatic rings. The fraction of sp³-hybridized carbons (Fsp3) is 0.333. The third kappa shape index (κ3) is 4.35. The van der Waals surface area contributed by atoms with E-state index in [0.717, 1.165) is 40.6 Å². The van der Waals surface area contributed by atoms with Crippen LogP contribution in [0.25, 0.3) is 10.2 Å². The molecule has 6 nitrogen and oxygen atoms in total. The van der Waals surface area contributed by atoms with Gasteiger partial charge in [0.1, 0.15) is 0 Å². The molecule has 0 saturated carbocycles. The van der Waals surface area contributed by atoms with Crippen LogP contribution < -0.4 is 4.80 Å². The first-order valence-electron chi connectivity index (χ1n) is 10.7. The SMILES string of the molecule is C=CCn1c(=NC(=O)c2ccc(S(=O)(=O)N3CCCCC3)cc2)sc2c(C)cc(C)cc21. The number of amides is 1. The van der Waals surface area contributed by atoms with Crippen LogP contribution in [-0.2, 0) is 16.6 Å². The molecule has 0 unspecified atom stereocenters. The van der Waals surface area contributed by atoms with E-state index in [-0.39, 0.29) is 4.90 Å². The van der Waals surface area contributed by atoms with Crippen LogP contribution in [0.1, 0.15) is 40.7 Å². The number of thiazole rings is 1. The van der Waals surface area contributed by atoms with Crippen LogP contribution in [-0.4, -0.2) is 36.3 Å². The molecule has 3 aromatic rings. The summed E-state index contributed by atoms with van der Waals surface area (Å²) in [6.45, 7) is 9.57. The lowest BCUT2D eigenvalue weighted by atomic mass is 10.1. The van der Waals surface area contributed by atoms with Crippen LogP contribution in [0.2, 0.25) is 0 Å². The second kappa shape index (κ2) is 9.13. The van der Waals surface area contributed by atoms with Crippen LogP contribution in [0.15, 0.2) is 58.9 Å². The number of rotatable bonds is 5. The van der Waals surface area contributed by atoms with Crippen LogP contribution in [0.5, 0.6) is 0 Å². The van der Waals surface area contributed by atoms with Crippen molar-refractivity contribution in [3.05, 3.63) is 70.5 Å². The van der Waals surface area contributed by atoms with Crippen molar-refractivity contribution in [1.29, 1.82) is 0 Å². The average Bonchev–Trinajstić information content (AvgIpc) is 3.12. The molecule has 168 valence electrons. The molecule has 8 heteroatoms. The number of sulfonamides is 1. The monoisotopic (exact) mass is 469 g/mol. The minimum Gasteiger partial charge on any atom is -0.312 e. The molecule has 0 spiro atoms.